The van der Waals surface area contributed by atoms with E-state index in [0.29, 0.717) is 11.3 Å². The lowest BCUT2D eigenvalue weighted by atomic mass is 10.1. The monoisotopic (exact) mass is 191 g/mol. The summed E-state index contributed by atoms with van der Waals surface area (Å²) in [6.07, 6.45) is 0. The summed E-state index contributed by atoms with van der Waals surface area (Å²) in [4.78, 5) is 23.8. The molecule has 0 unspecified atom stereocenters. The van der Waals surface area contributed by atoms with E-state index in [9.17, 15) is 9.59 Å². The first-order chi connectivity index (χ1) is 6.65. The molecule has 0 radical (unpaired) electrons. The van der Waals surface area contributed by atoms with Gasteiger partial charge in [-0.05, 0) is 19.1 Å². The number of anilines is 1. The predicted molar refractivity (Wildman–Crippen MR) is 50.1 cm³/mol. The Kier molecular flexibility index (Phi) is 1.86. The van der Waals surface area contributed by atoms with Gasteiger partial charge >= 0.3 is 5.91 Å². The molecule has 1 N–H and O–H groups in total. The van der Waals surface area contributed by atoms with Gasteiger partial charge in [0, 0.05) is 0 Å². The molecule has 4 heteroatoms. The fourth-order valence-corrected chi connectivity index (χ4v) is 1.55. The van der Waals surface area contributed by atoms with Crippen LogP contribution < -0.4 is 4.90 Å². The molecular weight excluding hydrogens is 182 g/mol. The third-order valence-electron chi connectivity index (χ3n) is 2.27. The quantitative estimate of drug-likeness (QED) is 0.656. The van der Waals surface area contributed by atoms with E-state index in [0.717, 1.165) is 10.5 Å². The number of amides is 1. The van der Waals surface area contributed by atoms with Gasteiger partial charge in [-0.1, -0.05) is 11.6 Å². The molecule has 0 fully saturated rings. The van der Waals surface area contributed by atoms with Crippen LogP contribution >= 0.6 is 0 Å². The van der Waals surface area contributed by atoms with Crippen LogP contribution in [0.25, 0.3) is 0 Å². The van der Waals surface area contributed by atoms with E-state index in [1.807, 2.05) is 6.92 Å². The molecule has 1 heterocycles. The molecule has 0 spiro atoms. The maximum atomic E-state index is 11.4. The van der Waals surface area contributed by atoms with Gasteiger partial charge in [0.25, 0.3) is 5.78 Å². The maximum Gasteiger partial charge on any atom is 0.301 e. The van der Waals surface area contributed by atoms with Crippen LogP contribution in [0.2, 0.25) is 0 Å². The lowest BCUT2D eigenvalue weighted by Gasteiger charge is -2.11. The summed E-state index contributed by atoms with van der Waals surface area (Å²) in [5.41, 5.74) is 1.79. The van der Waals surface area contributed by atoms with Crippen molar-refractivity contribution in [2.75, 3.05) is 11.6 Å². The van der Waals surface area contributed by atoms with Gasteiger partial charge in [0.05, 0.1) is 11.3 Å². The number of carbonyl (C=O) groups excluding carboxylic acids is 2. The standard InChI is InChI=1S/C10H9NO3/c1-6-2-3-8-7(4-6)9(13)10(14)11(8)5-12/h2-4,12H,5H2,1H3. The summed E-state index contributed by atoms with van der Waals surface area (Å²) in [5, 5.41) is 8.92. The number of rotatable bonds is 1. The van der Waals surface area contributed by atoms with E-state index in [1.54, 1.807) is 18.2 Å². The van der Waals surface area contributed by atoms with Crippen LogP contribution in [0.4, 0.5) is 5.69 Å². The van der Waals surface area contributed by atoms with Crippen molar-refractivity contribution < 1.29 is 14.7 Å². The summed E-state index contributed by atoms with van der Waals surface area (Å²) in [5.74, 6) is -1.20. The number of fused-ring (bicyclic) bond motifs is 1. The number of nitrogens with zero attached hydrogens (tertiary/aromatic N) is 1. The predicted octanol–water partition coefficient (Wildman–Crippen LogP) is 0.474. The number of hydrogen-bond donors (Lipinski definition) is 1. The molecule has 0 saturated carbocycles. The van der Waals surface area contributed by atoms with E-state index >= 15 is 0 Å². The molecule has 0 bridgehead atoms. The first kappa shape index (κ1) is 8.90. The third kappa shape index (κ3) is 1.04. The average molecular weight is 191 g/mol. The van der Waals surface area contributed by atoms with Crippen LogP contribution in [0, 0.1) is 6.92 Å². The number of aliphatic hydroxyl groups is 1. The van der Waals surface area contributed by atoms with Gasteiger partial charge in [0.1, 0.15) is 6.73 Å². The highest BCUT2D eigenvalue weighted by Gasteiger charge is 2.35. The van der Waals surface area contributed by atoms with Crippen molar-refractivity contribution in [2.24, 2.45) is 0 Å². The summed E-state index contributed by atoms with van der Waals surface area (Å²) in [7, 11) is 0. The molecule has 4 nitrogen and oxygen atoms in total. The Hall–Kier alpha value is -1.68. The Bertz CT molecular complexity index is 425. The van der Waals surface area contributed by atoms with Gasteiger partial charge in [0.2, 0.25) is 0 Å². The van der Waals surface area contributed by atoms with Gasteiger partial charge in [-0.3, -0.25) is 14.5 Å². The van der Waals surface area contributed by atoms with Gasteiger partial charge < -0.3 is 5.11 Å². The number of ketones is 1. The number of aryl methyl sites for hydroxylation is 1. The topological polar surface area (TPSA) is 57.6 Å². The minimum atomic E-state index is -0.659. The van der Waals surface area contributed by atoms with Crippen LogP contribution in [0.5, 0.6) is 0 Å². The largest absolute Gasteiger partial charge is 0.376 e. The lowest BCUT2D eigenvalue weighted by Crippen LogP contribution is -2.30. The van der Waals surface area contributed by atoms with Gasteiger partial charge in [-0.15, -0.1) is 0 Å². The van der Waals surface area contributed by atoms with Crippen molar-refractivity contribution in [2.45, 2.75) is 6.92 Å². The first-order valence-corrected chi connectivity index (χ1v) is 4.23. The molecule has 2 rings (SSSR count). The normalized spacial score (nSPS) is 14.9. The molecule has 1 amide bonds. The summed E-state index contributed by atoms with van der Waals surface area (Å²) in [6.45, 7) is 1.39. The van der Waals surface area contributed by atoms with E-state index < -0.39 is 18.4 Å². The van der Waals surface area contributed by atoms with Crippen molar-refractivity contribution in [1.29, 1.82) is 0 Å². The number of carbonyl (C=O) groups is 2. The second-order valence-electron chi connectivity index (χ2n) is 3.22. The number of hydrogen-bond acceptors (Lipinski definition) is 3. The Labute approximate surface area is 80.8 Å². The van der Waals surface area contributed by atoms with Crippen molar-refractivity contribution in [3.63, 3.8) is 0 Å². The zero-order chi connectivity index (χ0) is 10.3. The molecule has 0 atom stereocenters. The molecule has 72 valence electrons. The summed E-state index contributed by atoms with van der Waals surface area (Å²) >= 11 is 0. The first-order valence-electron chi connectivity index (χ1n) is 4.23. The van der Waals surface area contributed by atoms with Gasteiger partial charge in [0.15, 0.2) is 0 Å². The fraction of sp³-hybridized carbons (Fsp3) is 0.200. The minimum Gasteiger partial charge on any atom is -0.376 e. The number of aliphatic hydroxyl groups excluding tert-OH is 1. The second kappa shape index (κ2) is 2.92. The Balaban J connectivity index is 2.61. The van der Waals surface area contributed by atoms with E-state index in [4.69, 9.17) is 5.11 Å². The minimum absolute atomic E-state index is 0.379. The molecule has 0 saturated heterocycles. The molecular formula is C10H9NO3. The van der Waals surface area contributed by atoms with Crippen LogP contribution in [0.1, 0.15) is 15.9 Å². The van der Waals surface area contributed by atoms with Gasteiger partial charge in [-0.2, -0.15) is 0 Å². The highest BCUT2D eigenvalue weighted by Crippen LogP contribution is 2.28. The van der Waals surface area contributed by atoms with Crippen molar-refractivity contribution in [3.05, 3.63) is 29.3 Å². The Morgan fingerprint density at radius 3 is 2.71 bits per heavy atom. The number of benzene rings is 1. The van der Waals surface area contributed by atoms with Crippen LogP contribution in [0.15, 0.2) is 18.2 Å². The summed E-state index contributed by atoms with van der Waals surface area (Å²) in [6, 6.07) is 5.13. The molecule has 1 aromatic carbocycles. The van der Waals surface area contributed by atoms with Crippen LogP contribution in [-0.4, -0.2) is 23.5 Å². The molecule has 1 aliphatic rings. The average Bonchev–Trinajstić information content (AvgIpc) is 2.41. The highest BCUT2D eigenvalue weighted by atomic mass is 16.3. The van der Waals surface area contributed by atoms with E-state index in [1.165, 1.54) is 0 Å². The second-order valence-corrected chi connectivity index (χ2v) is 3.22. The maximum absolute atomic E-state index is 11.4. The molecule has 0 aromatic heterocycles. The summed E-state index contributed by atoms with van der Waals surface area (Å²) < 4.78 is 0. The molecule has 14 heavy (non-hydrogen) atoms. The van der Waals surface area contributed by atoms with Crippen LogP contribution in [-0.2, 0) is 4.79 Å². The highest BCUT2D eigenvalue weighted by molar-refractivity contribution is 6.52. The lowest BCUT2D eigenvalue weighted by molar-refractivity contribution is -0.114. The van der Waals surface area contributed by atoms with Crippen molar-refractivity contribution in [3.8, 4) is 0 Å². The van der Waals surface area contributed by atoms with Gasteiger partial charge in [-0.25, -0.2) is 0 Å². The van der Waals surface area contributed by atoms with Crippen LogP contribution in [0.3, 0.4) is 0 Å². The Morgan fingerprint density at radius 2 is 2.07 bits per heavy atom. The van der Waals surface area contributed by atoms with E-state index in [-0.39, 0.29) is 0 Å². The molecule has 1 aromatic rings. The number of Topliss-reactive ketones (excluding diaryl/α,β-unsaturated/α-hetero) is 1. The molecule has 1 aliphatic heterocycles. The fourth-order valence-electron chi connectivity index (χ4n) is 1.55. The zero-order valence-electron chi connectivity index (χ0n) is 7.65. The van der Waals surface area contributed by atoms with Crippen molar-refractivity contribution >= 4 is 17.4 Å². The zero-order valence-corrected chi connectivity index (χ0v) is 7.65. The smallest absolute Gasteiger partial charge is 0.301 e. The van der Waals surface area contributed by atoms with E-state index in [2.05, 4.69) is 0 Å². The Morgan fingerprint density at radius 1 is 1.36 bits per heavy atom. The molecule has 0 aliphatic carbocycles. The van der Waals surface area contributed by atoms with Crippen molar-refractivity contribution in [1.82, 2.24) is 0 Å². The SMILES string of the molecule is Cc1ccc2c(c1)C(=O)C(=O)N2CO. The third-order valence-corrected chi connectivity index (χ3v) is 2.27.